The fourth-order valence-corrected chi connectivity index (χ4v) is 4.79. The van der Waals surface area contributed by atoms with E-state index in [1.165, 1.54) is 15.7 Å². The molecule has 1 saturated heterocycles. The van der Waals surface area contributed by atoms with Gasteiger partial charge in [-0.2, -0.15) is 31.4 Å². The first-order chi connectivity index (χ1) is 18.0. The number of likely N-dealkylation sites (tertiary alicyclic amines) is 1. The molecule has 3 aromatic rings. The quantitative estimate of drug-likeness (QED) is 0.323. The molecule has 0 saturated carbocycles. The van der Waals surface area contributed by atoms with Gasteiger partial charge in [0.1, 0.15) is 5.82 Å². The van der Waals surface area contributed by atoms with Crippen molar-refractivity contribution in [2.24, 2.45) is 0 Å². The summed E-state index contributed by atoms with van der Waals surface area (Å²) in [6, 6.07) is 10.7. The Morgan fingerprint density at radius 2 is 1.39 bits per heavy atom. The fraction of sp³-hybridized carbons (Fsp3) is 0.481. The van der Waals surface area contributed by atoms with Gasteiger partial charge in [0.2, 0.25) is 0 Å². The first-order valence-corrected chi connectivity index (χ1v) is 12.7. The molecule has 11 heteroatoms. The van der Waals surface area contributed by atoms with Gasteiger partial charge in [-0.3, -0.25) is 4.57 Å². The van der Waals surface area contributed by atoms with E-state index in [0.717, 1.165) is 50.2 Å². The summed E-state index contributed by atoms with van der Waals surface area (Å²) in [5.74, 6) is 0.322. The predicted molar refractivity (Wildman–Crippen MR) is 131 cm³/mol. The third-order valence-corrected chi connectivity index (χ3v) is 6.76. The van der Waals surface area contributed by atoms with Crippen molar-refractivity contribution < 1.29 is 26.3 Å². The summed E-state index contributed by atoms with van der Waals surface area (Å²) in [5.41, 5.74) is -2.34. The topological polar surface area (TPSA) is 43.1 Å². The molecule has 1 aromatic heterocycles. The Balaban J connectivity index is 1.56. The molecule has 206 valence electrons. The minimum absolute atomic E-state index is 0.0137. The molecule has 1 aliphatic heterocycles. The fourth-order valence-electron chi connectivity index (χ4n) is 4.79. The zero-order valence-corrected chi connectivity index (χ0v) is 20.9. The van der Waals surface area contributed by atoms with Gasteiger partial charge in [0, 0.05) is 13.0 Å². The van der Waals surface area contributed by atoms with E-state index in [0.29, 0.717) is 18.8 Å². The van der Waals surface area contributed by atoms with Gasteiger partial charge >= 0.3 is 18.0 Å². The van der Waals surface area contributed by atoms with Crippen molar-refractivity contribution in [2.75, 3.05) is 19.6 Å². The lowest BCUT2D eigenvalue weighted by Gasteiger charge is -2.26. The van der Waals surface area contributed by atoms with E-state index in [-0.39, 0.29) is 36.7 Å². The van der Waals surface area contributed by atoms with Gasteiger partial charge in [0.15, 0.2) is 0 Å². The van der Waals surface area contributed by atoms with Crippen molar-refractivity contribution in [1.82, 2.24) is 19.2 Å². The second kappa shape index (κ2) is 11.8. The first kappa shape index (κ1) is 27.9. The SMILES string of the molecule is O=c1n(CCCN2CCCCC2)nc(CCc2cc(C(F)(F)F)cc(C(F)(F)F)c2)n1Cc1ccccc1. The molecule has 0 amide bonds. The van der Waals surface area contributed by atoms with E-state index in [2.05, 4.69) is 10.00 Å². The molecule has 0 radical (unpaired) electrons. The second-order valence-electron chi connectivity index (χ2n) is 9.66. The summed E-state index contributed by atoms with van der Waals surface area (Å²) >= 11 is 0. The average molecular weight is 541 g/mol. The van der Waals surface area contributed by atoms with Crippen molar-refractivity contribution >= 4 is 0 Å². The van der Waals surface area contributed by atoms with Crippen molar-refractivity contribution in [2.45, 2.75) is 64.0 Å². The number of benzene rings is 2. The van der Waals surface area contributed by atoms with Gasteiger partial charge in [0.05, 0.1) is 17.7 Å². The number of alkyl halides is 6. The molecule has 1 aliphatic rings. The van der Waals surface area contributed by atoms with E-state index >= 15 is 0 Å². The zero-order valence-electron chi connectivity index (χ0n) is 20.9. The highest BCUT2D eigenvalue weighted by atomic mass is 19.4. The van der Waals surface area contributed by atoms with Gasteiger partial charge in [-0.25, -0.2) is 9.48 Å². The Morgan fingerprint density at radius 3 is 2.00 bits per heavy atom. The lowest BCUT2D eigenvalue weighted by molar-refractivity contribution is -0.143. The molecule has 5 nitrogen and oxygen atoms in total. The summed E-state index contributed by atoms with van der Waals surface area (Å²) in [4.78, 5) is 15.6. The highest BCUT2D eigenvalue weighted by molar-refractivity contribution is 5.34. The lowest BCUT2D eigenvalue weighted by Crippen LogP contribution is -2.32. The van der Waals surface area contributed by atoms with E-state index in [1.807, 2.05) is 30.3 Å². The maximum atomic E-state index is 13.3. The van der Waals surface area contributed by atoms with Crippen LogP contribution in [-0.2, 0) is 38.3 Å². The van der Waals surface area contributed by atoms with Crippen molar-refractivity contribution in [3.05, 3.63) is 87.1 Å². The maximum Gasteiger partial charge on any atom is 0.416 e. The molecule has 38 heavy (non-hydrogen) atoms. The van der Waals surface area contributed by atoms with E-state index in [4.69, 9.17) is 0 Å². The molecular formula is C27H30F6N4O. The number of hydrogen-bond donors (Lipinski definition) is 0. The summed E-state index contributed by atoms with van der Waals surface area (Å²) in [5, 5.41) is 4.45. The molecule has 0 spiro atoms. The van der Waals surface area contributed by atoms with Crippen LogP contribution in [0.2, 0.25) is 0 Å². The Bertz CT molecular complexity index is 1230. The molecule has 4 rings (SSSR count). The smallest absolute Gasteiger partial charge is 0.303 e. The zero-order chi connectivity index (χ0) is 27.3. The molecule has 0 atom stereocenters. The van der Waals surface area contributed by atoms with Crippen LogP contribution in [0.4, 0.5) is 26.3 Å². The van der Waals surface area contributed by atoms with Gasteiger partial charge in [-0.1, -0.05) is 36.8 Å². The number of aromatic nitrogens is 3. The van der Waals surface area contributed by atoms with E-state index in [1.54, 1.807) is 0 Å². The summed E-state index contributed by atoms with van der Waals surface area (Å²) in [6.45, 7) is 3.47. The Morgan fingerprint density at radius 1 is 0.763 bits per heavy atom. The summed E-state index contributed by atoms with van der Waals surface area (Å²) in [7, 11) is 0. The number of aryl methyl sites for hydroxylation is 3. The monoisotopic (exact) mass is 540 g/mol. The highest BCUT2D eigenvalue weighted by Crippen LogP contribution is 2.36. The molecular weight excluding hydrogens is 510 g/mol. The van der Waals surface area contributed by atoms with E-state index < -0.39 is 23.5 Å². The molecule has 2 heterocycles. The average Bonchev–Trinajstić information content (AvgIpc) is 3.17. The standard InChI is InChI=1S/C27H30F6N4O/c28-26(29,30)22-16-21(17-23(18-22)27(31,32)33)10-11-24-34-37(15-7-14-35-12-5-2-6-13-35)25(38)36(24)19-20-8-3-1-4-9-20/h1,3-4,8-9,16-18H,2,5-7,10-15,19H2. The van der Waals surface area contributed by atoms with Crippen LogP contribution in [0.15, 0.2) is 53.3 Å². The van der Waals surface area contributed by atoms with Crippen LogP contribution in [0.25, 0.3) is 0 Å². The van der Waals surface area contributed by atoms with Crippen molar-refractivity contribution in [3.8, 4) is 0 Å². The van der Waals surface area contributed by atoms with Crippen LogP contribution >= 0.6 is 0 Å². The largest absolute Gasteiger partial charge is 0.416 e. The Hall–Kier alpha value is -3.08. The van der Waals surface area contributed by atoms with Gasteiger partial charge in [-0.15, -0.1) is 0 Å². The molecule has 2 aromatic carbocycles. The highest BCUT2D eigenvalue weighted by Gasteiger charge is 2.36. The number of piperidine rings is 1. The van der Waals surface area contributed by atoms with Crippen LogP contribution in [0.5, 0.6) is 0 Å². The maximum absolute atomic E-state index is 13.3. The summed E-state index contributed by atoms with van der Waals surface area (Å²) < 4.78 is 82.5. The van der Waals surface area contributed by atoms with Gasteiger partial charge < -0.3 is 4.90 Å². The number of halogens is 6. The van der Waals surface area contributed by atoms with Gasteiger partial charge in [0.25, 0.3) is 0 Å². The van der Waals surface area contributed by atoms with Crippen LogP contribution in [0.3, 0.4) is 0 Å². The Labute approximate surface area is 216 Å². The third kappa shape index (κ3) is 7.27. The number of nitrogens with zero attached hydrogens (tertiary/aromatic N) is 4. The normalized spacial score (nSPS) is 15.2. The molecule has 0 bridgehead atoms. The number of rotatable bonds is 9. The van der Waals surface area contributed by atoms with Crippen molar-refractivity contribution in [3.63, 3.8) is 0 Å². The minimum atomic E-state index is -4.92. The molecule has 0 N–H and O–H groups in total. The van der Waals surface area contributed by atoms with Crippen LogP contribution in [0, 0.1) is 0 Å². The van der Waals surface area contributed by atoms with Crippen LogP contribution in [-0.4, -0.2) is 38.9 Å². The second-order valence-corrected chi connectivity index (χ2v) is 9.66. The molecule has 0 unspecified atom stereocenters. The van der Waals surface area contributed by atoms with Crippen LogP contribution < -0.4 is 5.69 Å². The number of hydrogen-bond acceptors (Lipinski definition) is 3. The van der Waals surface area contributed by atoms with Gasteiger partial charge in [-0.05, 0) is 74.6 Å². The first-order valence-electron chi connectivity index (χ1n) is 12.7. The molecule has 1 fully saturated rings. The van der Waals surface area contributed by atoms with Crippen LogP contribution in [0.1, 0.15) is 53.8 Å². The Kier molecular flexibility index (Phi) is 8.64. The minimum Gasteiger partial charge on any atom is -0.303 e. The van der Waals surface area contributed by atoms with E-state index in [9.17, 15) is 31.1 Å². The molecule has 0 aliphatic carbocycles. The summed E-state index contributed by atoms with van der Waals surface area (Å²) in [6.07, 6.45) is -5.71. The lowest BCUT2D eigenvalue weighted by atomic mass is 10.0. The van der Waals surface area contributed by atoms with Crippen molar-refractivity contribution in [1.29, 1.82) is 0 Å². The third-order valence-electron chi connectivity index (χ3n) is 6.76. The predicted octanol–water partition coefficient (Wildman–Crippen LogP) is 5.79.